The maximum atomic E-state index is 11.8. The van der Waals surface area contributed by atoms with E-state index in [1.54, 1.807) is 0 Å². The summed E-state index contributed by atoms with van der Waals surface area (Å²) in [6.45, 7) is 4.32. The predicted octanol–water partition coefficient (Wildman–Crippen LogP) is 1.88. The van der Waals surface area contributed by atoms with Crippen LogP contribution >= 0.6 is 15.9 Å². The molecule has 1 aromatic rings. The molecule has 0 bridgehead atoms. The van der Waals surface area contributed by atoms with Crippen LogP contribution in [0.15, 0.2) is 22.7 Å². The Morgan fingerprint density at radius 1 is 1.47 bits per heavy atom. The summed E-state index contributed by atoms with van der Waals surface area (Å²) in [7, 11) is -1.66. The molecule has 0 unspecified atom stereocenters. The number of nitrogens with zero attached hydrogens (tertiary/aromatic N) is 1. The van der Waals surface area contributed by atoms with Gasteiger partial charge in [0.1, 0.15) is 0 Å². The van der Waals surface area contributed by atoms with Gasteiger partial charge in [-0.1, -0.05) is 28.1 Å². The first-order valence-corrected chi connectivity index (χ1v) is 8.66. The lowest BCUT2D eigenvalue weighted by Gasteiger charge is -2.18. The zero-order valence-electron chi connectivity index (χ0n) is 11.2. The molecule has 0 aromatic heterocycles. The Morgan fingerprint density at radius 2 is 2.21 bits per heavy atom. The first-order chi connectivity index (χ1) is 8.94. The molecule has 19 heavy (non-hydrogen) atoms. The van der Waals surface area contributed by atoms with Crippen molar-refractivity contribution in [3.8, 4) is 0 Å². The molecule has 6 heteroatoms. The average molecular weight is 347 g/mol. The third kappa shape index (κ3) is 3.37. The summed E-state index contributed by atoms with van der Waals surface area (Å²) in [5.41, 5.74) is 2.47. The molecule has 2 rings (SSSR count). The van der Waals surface area contributed by atoms with Crippen molar-refractivity contribution in [1.29, 1.82) is 0 Å². The summed E-state index contributed by atoms with van der Waals surface area (Å²) in [5.74, 6) is 0. The Morgan fingerprint density at radius 3 is 2.89 bits per heavy atom. The van der Waals surface area contributed by atoms with Gasteiger partial charge in [-0.3, -0.25) is 4.90 Å². The van der Waals surface area contributed by atoms with Crippen LogP contribution in [-0.2, 0) is 16.6 Å². The van der Waals surface area contributed by atoms with Gasteiger partial charge < -0.3 is 0 Å². The summed E-state index contributed by atoms with van der Waals surface area (Å²) in [4.78, 5) is 2.20. The summed E-state index contributed by atoms with van der Waals surface area (Å²) < 4.78 is 27.1. The normalized spacial score (nSPS) is 20.9. The fourth-order valence-corrected chi connectivity index (χ4v) is 3.99. The Labute approximate surface area is 123 Å². The van der Waals surface area contributed by atoms with Gasteiger partial charge in [0.05, 0.1) is 5.25 Å². The highest BCUT2D eigenvalue weighted by molar-refractivity contribution is 9.10. The fourth-order valence-electron chi connectivity index (χ4n) is 2.42. The molecule has 0 spiro atoms. The zero-order chi connectivity index (χ0) is 14.0. The fraction of sp³-hybridized carbons (Fsp3) is 0.538. The molecule has 1 aliphatic heterocycles. The SMILES string of the molecule is CNS(=O)(=O)[C@@H]1CCN(Cc2cccc(Br)c2C)C1. The van der Waals surface area contributed by atoms with Crippen LogP contribution in [0.5, 0.6) is 0 Å². The van der Waals surface area contributed by atoms with Gasteiger partial charge in [0, 0.05) is 17.6 Å². The summed E-state index contributed by atoms with van der Waals surface area (Å²) >= 11 is 3.53. The van der Waals surface area contributed by atoms with Gasteiger partial charge in [-0.25, -0.2) is 13.1 Å². The van der Waals surface area contributed by atoms with Crippen molar-refractivity contribution in [2.45, 2.75) is 25.1 Å². The van der Waals surface area contributed by atoms with E-state index in [4.69, 9.17) is 0 Å². The molecule has 1 saturated heterocycles. The highest BCUT2D eigenvalue weighted by Crippen LogP contribution is 2.23. The molecule has 1 aliphatic rings. The van der Waals surface area contributed by atoms with Crippen LogP contribution in [0.4, 0.5) is 0 Å². The van der Waals surface area contributed by atoms with Gasteiger partial charge >= 0.3 is 0 Å². The highest BCUT2D eigenvalue weighted by atomic mass is 79.9. The third-order valence-corrected chi connectivity index (χ3v) is 6.42. The number of sulfonamides is 1. The van der Waals surface area contributed by atoms with E-state index in [1.165, 1.54) is 18.2 Å². The topological polar surface area (TPSA) is 49.4 Å². The van der Waals surface area contributed by atoms with E-state index >= 15 is 0 Å². The molecule has 1 atom stereocenters. The number of likely N-dealkylation sites (tertiary alicyclic amines) is 1. The first-order valence-electron chi connectivity index (χ1n) is 6.32. The van der Waals surface area contributed by atoms with Crippen molar-refractivity contribution in [2.24, 2.45) is 0 Å². The monoisotopic (exact) mass is 346 g/mol. The summed E-state index contributed by atoms with van der Waals surface area (Å²) in [6.07, 6.45) is 0.705. The van der Waals surface area contributed by atoms with E-state index in [0.29, 0.717) is 13.0 Å². The van der Waals surface area contributed by atoms with E-state index < -0.39 is 10.0 Å². The number of halogens is 1. The second-order valence-corrected chi connectivity index (χ2v) is 7.94. The van der Waals surface area contributed by atoms with Crippen molar-refractivity contribution in [3.63, 3.8) is 0 Å². The van der Waals surface area contributed by atoms with Crippen LogP contribution in [0.25, 0.3) is 0 Å². The van der Waals surface area contributed by atoms with E-state index in [-0.39, 0.29) is 5.25 Å². The lowest BCUT2D eigenvalue weighted by atomic mass is 10.1. The van der Waals surface area contributed by atoms with Gasteiger partial charge in [-0.15, -0.1) is 0 Å². The Balaban J connectivity index is 2.05. The number of hydrogen-bond acceptors (Lipinski definition) is 3. The van der Waals surface area contributed by atoms with Crippen LogP contribution in [0, 0.1) is 6.92 Å². The molecule has 1 N–H and O–H groups in total. The smallest absolute Gasteiger partial charge is 0.215 e. The van der Waals surface area contributed by atoms with Crippen molar-refractivity contribution in [3.05, 3.63) is 33.8 Å². The molecule has 0 radical (unpaired) electrons. The van der Waals surface area contributed by atoms with Crippen LogP contribution in [-0.4, -0.2) is 38.7 Å². The molecular weight excluding hydrogens is 328 g/mol. The molecule has 1 heterocycles. The van der Waals surface area contributed by atoms with Crippen molar-refractivity contribution in [2.75, 3.05) is 20.1 Å². The minimum Gasteiger partial charge on any atom is -0.298 e. The first kappa shape index (κ1) is 15.0. The second kappa shape index (κ2) is 5.91. The molecule has 0 amide bonds. The quantitative estimate of drug-likeness (QED) is 0.905. The van der Waals surface area contributed by atoms with Gasteiger partial charge in [-0.05, 0) is 44.1 Å². The summed E-state index contributed by atoms with van der Waals surface area (Å²) in [5, 5.41) is -0.287. The predicted molar refractivity (Wildman–Crippen MR) is 80.5 cm³/mol. The van der Waals surface area contributed by atoms with Crippen molar-refractivity contribution >= 4 is 26.0 Å². The summed E-state index contributed by atoms with van der Waals surface area (Å²) in [6, 6.07) is 6.14. The molecule has 1 fully saturated rings. The largest absolute Gasteiger partial charge is 0.298 e. The van der Waals surface area contributed by atoms with Crippen LogP contribution < -0.4 is 4.72 Å². The lowest BCUT2D eigenvalue weighted by Crippen LogP contribution is -2.34. The maximum Gasteiger partial charge on any atom is 0.215 e. The third-order valence-electron chi connectivity index (χ3n) is 3.73. The number of hydrogen-bond donors (Lipinski definition) is 1. The molecule has 4 nitrogen and oxygen atoms in total. The number of rotatable bonds is 4. The Kier molecular flexibility index (Phi) is 4.66. The maximum absolute atomic E-state index is 11.8. The Hall–Kier alpha value is -0.430. The second-order valence-electron chi connectivity index (χ2n) is 4.92. The lowest BCUT2D eigenvalue weighted by molar-refractivity contribution is 0.330. The van der Waals surface area contributed by atoms with E-state index in [9.17, 15) is 8.42 Å². The van der Waals surface area contributed by atoms with Crippen LogP contribution in [0.2, 0.25) is 0 Å². The van der Waals surface area contributed by atoms with Crippen molar-refractivity contribution in [1.82, 2.24) is 9.62 Å². The molecule has 106 valence electrons. The van der Waals surface area contributed by atoms with Crippen molar-refractivity contribution < 1.29 is 8.42 Å². The van der Waals surface area contributed by atoms with E-state index in [1.807, 2.05) is 12.1 Å². The van der Waals surface area contributed by atoms with Crippen LogP contribution in [0.3, 0.4) is 0 Å². The molecule has 0 saturated carbocycles. The van der Waals surface area contributed by atoms with Gasteiger partial charge in [-0.2, -0.15) is 0 Å². The Bertz CT molecular complexity index is 560. The van der Waals surface area contributed by atoms with Crippen LogP contribution in [0.1, 0.15) is 17.5 Å². The number of nitrogens with one attached hydrogen (secondary N) is 1. The minimum absolute atomic E-state index is 0.287. The zero-order valence-corrected chi connectivity index (χ0v) is 13.6. The number of benzene rings is 1. The van der Waals surface area contributed by atoms with E-state index in [2.05, 4.69) is 38.5 Å². The highest BCUT2D eigenvalue weighted by Gasteiger charge is 2.32. The average Bonchev–Trinajstić information content (AvgIpc) is 2.84. The van der Waals surface area contributed by atoms with Gasteiger partial charge in [0.15, 0.2) is 0 Å². The molecule has 1 aromatic carbocycles. The molecule has 0 aliphatic carbocycles. The minimum atomic E-state index is -3.14. The standard InChI is InChI=1S/C13H19BrN2O2S/c1-10-11(4-3-5-13(10)14)8-16-7-6-12(9-16)19(17,18)15-2/h3-5,12,15H,6-9H2,1-2H3/t12-/m1/s1. The van der Waals surface area contributed by atoms with Gasteiger partial charge in [0.25, 0.3) is 0 Å². The van der Waals surface area contributed by atoms with Gasteiger partial charge in [0.2, 0.25) is 10.0 Å². The van der Waals surface area contributed by atoms with E-state index in [0.717, 1.165) is 17.6 Å². The molecular formula is C13H19BrN2O2S.